The summed E-state index contributed by atoms with van der Waals surface area (Å²) in [4.78, 5) is 25.1. The van der Waals surface area contributed by atoms with Gasteiger partial charge in [0.25, 0.3) is 5.89 Å². The van der Waals surface area contributed by atoms with Crippen molar-refractivity contribution in [3.05, 3.63) is 45.6 Å². The molecule has 8 nitrogen and oxygen atoms in total. The van der Waals surface area contributed by atoms with Crippen molar-refractivity contribution < 1.29 is 19.0 Å². The second-order valence-electron chi connectivity index (χ2n) is 4.59. The van der Waals surface area contributed by atoms with Crippen molar-refractivity contribution in [3.63, 3.8) is 0 Å². The van der Waals surface area contributed by atoms with Crippen molar-refractivity contribution in [2.24, 2.45) is 0 Å². The van der Waals surface area contributed by atoms with Gasteiger partial charge in [-0.2, -0.15) is 4.98 Å². The Morgan fingerprint density at radius 2 is 2.24 bits per heavy atom. The Kier molecular flexibility index (Phi) is 4.27. The number of carbonyl (C=O) groups excluding carboxylic acids is 1. The summed E-state index contributed by atoms with van der Waals surface area (Å²) >= 11 is 0. The molecular weight excluding hydrogens is 278 g/mol. The molecule has 0 N–H and O–H groups in total. The molecule has 0 aliphatic rings. The average Bonchev–Trinajstić information content (AvgIpc) is 2.94. The van der Waals surface area contributed by atoms with E-state index in [2.05, 4.69) is 10.1 Å². The van der Waals surface area contributed by atoms with Crippen molar-refractivity contribution in [2.45, 2.75) is 26.4 Å². The summed E-state index contributed by atoms with van der Waals surface area (Å²) in [5.41, 5.74) is -0.0860. The third-order valence-electron chi connectivity index (χ3n) is 2.67. The molecule has 8 heteroatoms. The number of benzene rings is 1. The summed E-state index contributed by atoms with van der Waals surface area (Å²) in [5.74, 6) is 0.922. The van der Waals surface area contributed by atoms with Gasteiger partial charge in [-0.3, -0.25) is 14.9 Å². The van der Waals surface area contributed by atoms with Gasteiger partial charge in [-0.05, 0) is 12.1 Å². The summed E-state index contributed by atoms with van der Waals surface area (Å²) in [6.07, 6.45) is 0.531. The SMILES string of the molecule is CC(C)c1noc(COc2ccc(C=O)cc2[N+](=O)[O-])n1. The smallest absolute Gasteiger partial charge is 0.311 e. The molecule has 0 aliphatic heterocycles. The lowest BCUT2D eigenvalue weighted by atomic mass is 10.2. The van der Waals surface area contributed by atoms with Crippen LogP contribution in [0.25, 0.3) is 0 Å². The minimum Gasteiger partial charge on any atom is -0.477 e. The molecule has 0 unspecified atom stereocenters. The van der Waals surface area contributed by atoms with E-state index in [4.69, 9.17) is 9.26 Å². The van der Waals surface area contributed by atoms with E-state index in [-0.39, 0.29) is 35.4 Å². The quantitative estimate of drug-likeness (QED) is 0.457. The molecule has 1 aromatic carbocycles. The van der Waals surface area contributed by atoms with Crippen LogP contribution >= 0.6 is 0 Å². The number of rotatable bonds is 6. The second-order valence-corrected chi connectivity index (χ2v) is 4.59. The molecule has 0 atom stereocenters. The fourth-order valence-electron chi connectivity index (χ4n) is 1.57. The summed E-state index contributed by atoms with van der Waals surface area (Å²) in [5, 5.41) is 14.7. The molecule has 1 aromatic heterocycles. The van der Waals surface area contributed by atoms with Crippen LogP contribution < -0.4 is 4.74 Å². The van der Waals surface area contributed by atoms with E-state index in [1.165, 1.54) is 12.1 Å². The first kappa shape index (κ1) is 14.6. The Balaban J connectivity index is 2.15. The van der Waals surface area contributed by atoms with Gasteiger partial charge in [0.2, 0.25) is 0 Å². The van der Waals surface area contributed by atoms with Gasteiger partial charge in [-0.1, -0.05) is 19.0 Å². The molecule has 0 bridgehead atoms. The predicted octanol–water partition coefficient (Wildman–Crippen LogP) is 2.49. The molecule has 0 saturated heterocycles. The van der Waals surface area contributed by atoms with Gasteiger partial charge in [0.15, 0.2) is 18.2 Å². The van der Waals surface area contributed by atoms with E-state index in [1.54, 1.807) is 0 Å². The lowest BCUT2D eigenvalue weighted by Crippen LogP contribution is -2.00. The number of nitrogens with zero attached hydrogens (tertiary/aromatic N) is 3. The maximum atomic E-state index is 11.0. The highest BCUT2D eigenvalue weighted by Gasteiger charge is 2.17. The van der Waals surface area contributed by atoms with E-state index in [0.29, 0.717) is 12.1 Å². The molecule has 0 fully saturated rings. The highest BCUT2D eigenvalue weighted by molar-refractivity contribution is 5.77. The normalized spacial score (nSPS) is 10.6. The number of hydrogen-bond acceptors (Lipinski definition) is 7. The number of hydrogen-bond donors (Lipinski definition) is 0. The van der Waals surface area contributed by atoms with E-state index >= 15 is 0 Å². The molecule has 0 aliphatic carbocycles. The fourth-order valence-corrected chi connectivity index (χ4v) is 1.57. The maximum absolute atomic E-state index is 11.0. The van der Waals surface area contributed by atoms with E-state index < -0.39 is 4.92 Å². The van der Waals surface area contributed by atoms with Crippen molar-refractivity contribution in [1.82, 2.24) is 10.1 Å². The van der Waals surface area contributed by atoms with Crippen LogP contribution in [0.2, 0.25) is 0 Å². The van der Waals surface area contributed by atoms with Crippen LogP contribution in [0.4, 0.5) is 5.69 Å². The first-order chi connectivity index (χ1) is 10.0. The Morgan fingerprint density at radius 3 is 2.81 bits per heavy atom. The lowest BCUT2D eigenvalue weighted by Gasteiger charge is -2.04. The first-order valence-corrected chi connectivity index (χ1v) is 6.20. The number of carbonyl (C=O) groups is 1. The van der Waals surface area contributed by atoms with Crippen LogP contribution in [0.1, 0.15) is 41.8 Å². The zero-order valence-electron chi connectivity index (χ0n) is 11.5. The molecule has 110 valence electrons. The summed E-state index contributed by atoms with van der Waals surface area (Å²) in [6.45, 7) is 3.75. The van der Waals surface area contributed by atoms with Gasteiger partial charge in [-0.15, -0.1) is 0 Å². The molecule has 0 saturated carbocycles. The molecular formula is C13H13N3O5. The summed E-state index contributed by atoms with van der Waals surface area (Å²) < 4.78 is 10.3. The summed E-state index contributed by atoms with van der Waals surface area (Å²) in [7, 11) is 0. The molecule has 1 heterocycles. The maximum Gasteiger partial charge on any atom is 0.311 e. The van der Waals surface area contributed by atoms with Crippen molar-refractivity contribution in [2.75, 3.05) is 0 Å². The Bertz CT molecular complexity index is 666. The first-order valence-electron chi connectivity index (χ1n) is 6.20. The summed E-state index contributed by atoms with van der Waals surface area (Å²) in [6, 6.07) is 3.94. The van der Waals surface area contributed by atoms with Gasteiger partial charge in [0.05, 0.1) is 4.92 Å². The Hall–Kier alpha value is -2.77. The monoisotopic (exact) mass is 291 g/mol. The zero-order chi connectivity index (χ0) is 15.4. The van der Waals surface area contributed by atoms with Crippen molar-refractivity contribution in [3.8, 4) is 5.75 Å². The van der Waals surface area contributed by atoms with Gasteiger partial charge < -0.3 is 9.26 Å². The van der Waals surface area contributed by atoms with Crippen LogP contribution in [0.3, 0.4) is 0 Å². The van der Waals surface area contributed by atoms with E-state index in [9.17, 15) is 14.9 Å². The predicted molar refractivity (Wildman–Crippen MR) is 71.2 cm³/mol. The number of nitro benzene ring substituents is 1. The van der Waals surface area contributed by atoms with Gasteiger partial charge in [0, 0.05) is 17.5 Å². The average molecular weight is 291 g/mol. The van der Waals surface area contributed by atoms with Crippen LogP contribution in [0, 0.1) is 10.1 Å². The molecule has 2 aromatic rings. The Morgan fingerprint density at radius 1 is 1.48 bits per heavy atom. The highest BCUT2D eigenvalue weighted by Crippen LogP contribution is 2.28. The molecule has 0 amide bonds. The van der Waals surface area contributed by atoms with E-state index in [1.807, 2.05) is 13.8 Å². The van der Waals surface area contributed by atoms with Gasteiger partial charge >= 0.3 is 5.69 Å². The van der Waals surface area contributed by atoms with Crippen LogP contribution in [0.5, 0.6) is 5.75 Å². The number of nitro groups is 1. The largest absolute Gasteiger partial charge is 0.477 e. The fraction of sp³-hybridized carbons (Fsp3) is 0.308. The highest BCUT2D eigenvalue weighted by atomic mass is 16.6. The zero-order valence-corrected chi connectivity index (χ0v) is 11.5. The topological polar surface area (TPSA) is 108 Å². The molecule has 2 rings (SSSR count). The van der Waals surface area contributed by atoms with Gasteiger partial charge in [-0.25, -0.2) is 0 Å². The van der Waals surface area contributed by atoms with Crippen LogP contribution in [-0.4, -0.2) is 21.4 Å². The molecule has 21 heavy (non-hydrogen) atoms. The number of ether oxygens (including phenoxy) is 1. The van der Waals surface area contributed by atoms with Crippen molar-refractivity contribution >= 4 is 12.0 Å². The van der Waals surface area contributed by atoms with Crippen LogP contribution in [0.15, 0.2) is 22.7 Å². The standard InChI is InChI=1S/C13H13N3O5/c1-8(2)13-14-12(21-15-13)7-20-11-4-3-9(6-17)5-10(11)16(18)19/h3-6,8H,7H2,1-2H3. The minimum absolute atomic E-state index is 0.0369. The Labute approximate surface area is 119 Å². The lowest BCUT2D eigenvalue weighted by molar-refractivity contribution is -0.386. The van der Waals surface area contributed by atoms with E-state index in [0.717, 1.165) is 6.07 Å². The second kappa shape index (κ2) is 6.12. The number of aldehydes is 1. The minimum atomic E-state index is -0.615. The molecule has 0 radical (unpaired) electrons. The molecule has 0 spiro atoms. The van der Waals surface area contributed by atoms with Crippen LogP contribution in [-0.2, 0) is 6.61 Å². The number of aromatic nitrogens is 2. The third kappa shape index (κ3) is 3.41. The van der Waals surface area contributed by atoms with Crippen molar-refractivity contribution in [1.29, 1.82) is 0 Å². The third-order valence-corrected chi connectivity index (χ3v) is 2.67. The van der Waals surface area contributed by atoms with Gasteiger partial charge in [0.1, 0.15) is 6.29 Å².